The van der Waals surface area contributed by atoms with E-state index in [0.717, 1.165) is 17.0 Å². The molecular formula is C12H15NO3. The molecule has 86 valence electrons. The molecule has 2 rings (SSSR count). The van der Waals surface area contributed by atoms with Crippen LogP contribution < -0.4 is 4.74 Å². The number of methoxy groups -OCH3 is 1. The maximum Gasteiger partial charge on any atom is 0.158 e. The fourth-order valence-corrected chi connectivity index (χ4v) is 1.74. The van der Waals surface area contributed by atoms with E-state index in [9.17, 15) is 0 Å². The lowest BCUT2D eigenvalue weighted by atomic mass is 9.94. The molecule has 0 spiro atoms. The van der Waals surface area contributed by atoms with Gasteiger partial charge in [-0.3, -0.25) is 0 Å². The van der Waals surface area contributed by atoms with E-state index in [1.807, 2.05) is 31.2 Å². The van der Waals surface area contributed by atoms with Crippen LogP contribution in [0.15, 0.2) is 29.4 Å². The van der Waals surface area contributed by atoms with Crippen LogP contribution in [-0.4, -0.2) is 30.6 Å². The van der Waals surface area contributed by atoms with Gasteiger partial charge in [-0.2, -0.15) is 0 Å². The van der Waals surface area contributed by atoms with Crippen molar-refractivity contribution in [3.05, 3.63) is 29.8 Å². The lowest BCUT2D eigenvalue weighted by Gasteiger charge is -2.11. The summed E-state index contributed by atoms with van der Waals surface area (Å²) >= 11 is 0. The van der Waals surface area contributed by atoms with Crippen LogP contribution in [-0.2, 0) is 4.84 Å². The van der Waals surface area contributed by atoms with Crippen molar-refractivity contribution in [3.8, 4) is 5.75 Å². The monoisotopic (exact) mass is 221 g/mol. The highest BCUT2D eigenvalue weighted by molar-refractivity contribution is 6.02. The SMILES string of the molecule is COc1ccc(C2=NO[C@@H](CO)[C@@H]2C)cc1. The van der Waals surface area contributed by atoms with Crippen LogP contribution in [0.4, 0.5) is 0 Å². The highest BCUT2D eigenvalue weighted by atomic mass is 16.6. The van der Waals surface area contributed by atoms with Gasteiger partial charge in [-0.15, -0.1) is 0 Å². The third-order valence-corrected chi connectivity index (χ3v) is 2.84. The highest BCUT2D eigenvalue weighted by Gasteiger charge is 2.30. The smallest absolute Gasteiger partial charge is 0.158 e. The van der Waals surface area contributed by atoms with E-state index in [-0.39, 0.29) is 18.6 Å². The zero-order valence-corrected chi connectivity index (χ0v) is 9.38. The first-order valence-electron chi connectivity index (χ1n) is 5.25. The maximum absolute atomic E-state index is 9.06. The predicted octanol–water partition coefficient (Wildman–Crippen LogP) is 1.43. The Morgan fingerprint density at radius 2 is 2.06 bits per heavy atom. The van der Waals surface area contributed by atoms with E-state index in [0.29, 0.717) is 0 Å². The minimum absolute atomic E-state index is 0.00960. The van der Waals surface area contributed by atoms with E-state index in [1.54, 1.807) is 7.11 Å². The van der Waals surface area contributed by atoms with Crippen molar-refractivity contribution in [1.29, 1.82) is 0 Å². The van der Waals surface area contributed by atoms with Crippen LogP contribution in [0.1, 0.15) is 12.5 Å². The Kier molecular flexibility index (Phi) is 3.10. The number of hydrogen-bond donors (Lipinski definition) is 1. The molecule has 1 heterocycles. The van der Waals surface area contributed by atoms with E-state index >= 15 is 0 Å². The molecule has 0 fully saturated rings. The average Bonchev–Trinajstić information content (AvgIpc) is 2.70. The first-order chi connectivity index (χ1) is 7.76. The van der Waals surface area contributed by atoms with Gasteiger partial charge in [0.2, 0.25) is 0 Å². The number of ether oxygens (including phenoxy) is 1. The summed E-state index contributed by atoms with van der Waals surface area (Å²) in [5, 5.41) is 13.1. The maximum atomic E-state index is 9.06. The predicted molar refractivity (Wildman–Crippen MR) is 60.7 cm³/mol. The van der Waals surface area contributed by atoms with Crippen LogP contribution in [0.3, 0.4) is 0 Å². The van der Waals surface area contributed by atoms with E-state index in [2.05, 4.69) is 5.16 Å². The second-order valence-corrected chi connectivity index (χ2v) is 3.82. The molecule has 0 unspecified atom stereocenters. The lowest BCUT2D eigenvalue weighted by Crippen LogP contribution is -2.24. The zero-order valence-electron chi connectivity index (χ0n) is 9.38. The van der Waals surface area contributed by atoms with Crippen LogP contribution in [0.2, 0.25) is 0 Å². The molecule has 0 amide bonds. The Morgan fingerprint density at radius 1 is 1.38 bits per heavy atom. The summed E-state index contributed by atoms with van der Waals surface area (Å²) in [6, 6.07) is 7.66. The summed E-state index contributed by atoms with van der Waals surface area (Å²) in [4.78, 5) is 5.14. The Labute approximate surface area is 94.5 Å². The number of aliphatic hydroxyl groups is 1. The Balaban J connectivity index is 2.19. The van der Waals surface area contributed by atoms with Gasteiger partial charge in [0.25, 0.3) is 0 Å². The van der Waals surface area contributed by atoms with Crippen LogP contribution in [0, 0.1) is 5.92 Å². The second kappa shape index (κ2) is 4.53. The molecule has 0 aromatic heterocycles. The molecule has 1 N–H and O–H groups in total. The number of oxime groups is 1. The molecule has 0 aliphatic carbocycles. The second-order valence-electron chi connectivity index (χ2n) is 3.82. The number of hydrogen-bond acceptors (Lipinski definition) is 4. The Bertz CT molecular complexity index is 386. The quantitative estimate of drug-likeness (QED) is 0.840. The van der Waals surface area contributed by atoms with Gasteiger partial charge < -0.3 is 14.7 Å². The van der Waals surface area contributed by atoms with Crippen molar-refractivity contribution >= 4 is 5.71 Å². The fraction of sp³-hybridized carbons (Fsp3) is 0.417. The highest BCUT2D eigenvalue weighted by Crippen LogP contribution is 2.23. The van der Waals surface area contributed by atoms with E-state index < -0.39 is 0 Å². The average molecular weight is 221 g/mol. The Hall–Kier alpha value is -1.55. The van der Waals surface area contributed by atoms with Gasteiger partial charge in [0.05, 0.1) is 19.4 Å². The molecule has 0 bridgehead atoms. The van der Waals surface area contributed by atoms with E-state index in [4.69, 9.17) is 14.7 Å². The summed E-state index contributed by atoms with van der Waals surface area (Å²) < 4.78 is 5.09. The van der Waals surface area contributed by atoms with Crippen molar-refractivity contribution in [1.82, 2.24) is 0 Å². The van der Waals surface area contributed by atoms with Crippen LogP contribution in [0.25, 0.3) is 0 Å². The Morgan fingerprint density at radius 3 is 2.56 bits per heavy atom. The summed E-state index contributed by atoms with van der Waals surface area (Å²) in [5.41, 5.74) is 1.88. The number of benzene rings is 1. The fourth-order valence-electron chi connectivity index (χ4n) is 1.74. The normalized spacial score (nSPS) is 23.8. The van der Waals surface area contributed by atoms with Gasteiger partial charge in [-0.1, -0.05) is 12.1 Å². The molecular weight excluding hydrogens is 206 g/mol. The third-order valence-electron chi connectivity index (χ3n) is 2.84. The molecule has 0 saturated heterocycles. The van der Waals surface area contributed by atoms with Crippen molar-refractivity contribution in [3.63, 3.8) is 0 Å². The summed E-state index contributed by atoms with van der Waals surface area (Å²) in [7, 11) is 1.63. The van der Waals surface area contributed by atoms with Crippen molar-refractivity contribution in [2.24, 2.45) is 11.1 Å². The molecule has 0 saturated carbocycles. The summed E-state index contributed by atoms with van der Waals surface area (Å²) in [6.07, 6.45) is -0.225. The minimum Gasteiger partial charge on any atom is -0.497 e. The molecule has 4 heteroatoms. The number of nitrogens with zero attached hydrogens (tertiary/aromatic N) is 1. The zero-order chi connectivity index (χ0) is 11.5. The molecule has 0 radical (unpaired) electrons. The van der Waals surface area contributed by atoms with Gasteiger partial charge in [-0.25, -0.2) is 0 Å². The standard InChI is InChI=1S/C12H15NO3/c1-8-11(7-14)16-13-12(8)9-3-5-10(15-2)6-4-9/h3-6,8,11,14H,7H2,1-2H3/t8-,11-/m0/s1. The number of rotatable bonds is 3. The largest absolute Gasteiger partial charge is 0.497 e. The molecule has 1 aliphatic heterocycles. The van der Waals surface area contributed by atoms with Crippen LogP contribution >= 0.6 is 0 Å². The van der Waals surface area contributed by atoms with Crippen molar-refractivity contribution in [2.45, 2.75) is 13.0 Å². The van der Waals surface area contributed by atoms with Crippen molar-refractivity contribution in [2.75, 3.05) is 13.7 Å². The number of aliphatic hydroxyl groups excluding tert-OH is 1. The first-order valence-corrected chi connectivity index (χ1v) is 5.25. The van der Waals surface area contributed by atoms with Gasteiger partial charge in [0.1, 0.15) is 5.75 Å². The molecule has 1 aromatic rings. The van der Waals surface area contributed by atoms with Crippen LogP contribution in [0.5, 0.6) is 5.75 Å². The van der Waals surface area contributed by atoms with Crippen molar-refractivity contribution < 1.29 is 14.7 Å². The van der Waals surface area contributed by atoms with Gasteiger partial charge in [-0.05, 0) is 29.8 Å². The molecule has 1 aromatic carbocycles. The first kappa shape index (κ1) is 11.0. The molecule has 16 heavy (non-hydrogen) atoms. The van der Waals surface area contributed by atoms with Gasteiger partial charge in [0.15, 0.2) is 6.10 Å². The topological polar surface area (TPSA) is 51.0 Å². The van der Waals surface area contributed by atoms with Gasteiger partial charge in [0, 0.05) is 5.92 Å². The third kappa shape index (κ3) is 1.88. The summed E-state index contributed by atoms with van der Waals surface area (Å²) in [6.45, 7) is 1.99. The molecule has 4 nitrogen and oxygen atoms in total. The van der Waals surface area contributed by atoms with E-state index in [1.165, 1.54) is 0 Å². The lowest BCUT2D eigenvalue weighted by molar-refractivity contribution is 0.0211. The summed E-state index contributed by atoms with van der Waals surface area (Å²) in [5.74, 6) is 0.924. The van der Waals surface area contributed by atoms with Gasteiger partial charge >= 0.3 is 0 Å². The molecule has 1 aliphatic rings. The molecule has 2 atom stereocenters. The minimum atomic E-state index is -0.225.